The number of aromatic nitrogens is 1. The standard InChI is InChI=1S/C35H26ClN3O2/c1-20-27(22-11-7-9-17-29(22)38(20)19-21-10-2-8-16-28(21)36)18-37-39-34(40)32-30-23-12-3-4-13-24(23)31(33(32)35(39)41)26-15-6-5-14-25(26)30/h2-18,30-33H,19H2,1H3/b37-18-/t30?,31?,32-,33-/m1/s1. The average Bonchev–Trinajstić information content (AvgIpc) is 3.42. The molecule has 1 fully saturated rings. The number of para-hydroxylation sites is 1. The van der Waals surface area contributed by atoms with Gasteiger partial charge in [-0.2, -0.15) is 10.1 Å². The maximum absolute atomic E-state index is 14.0. The molecule has 4 aromatic carbocycles. The first-order chi connectivity index (χ1) is 20.0. The van der Waals surface area contributed by atoms with Gasteiger partial charge in [0.1, 0.15) is 0 Å². The zero-order chi connectivity index (χ0) is 27.8. The highest BCUT2D eigenvalue weighted by atomic mass is 35.5. The maximum atomic E-state index is 14.0. The van der Waals surface area contributed by atoms with Gasteiger partial charge in [0.05, 0.1) is 18.1 Å². The number of nitrogens with zero attached hydrogens (tertiary/aromatic N) is 3. The van der Waals surface area contributed by atoms with Crippen LogP contribution in [0.15, 0.2) is 102 Å². The first kappa shape index (κ1) is 24.3. The van der Waals surface area contributed by atoms with E-state index in [1.165, 1.54) is 0 Å². The Kier molecular flexibility index (Phi) is 5.35. The minimum Gasteiger partial charge on any atom is -0.340 e. The first-order valence-corrected chi connectivity index (χ1v) is 14.3. The lowest BCUT2D eigenvalue weighted by Crippen LogP contribution is -2.41. The molecule has 3 aliphatic carbocycles. The van der Waals surface area contributed by atoms with E-state index in [9.17, 15) is 9.59 Å². The Labute approximate surface area is 242 Å². The van der Waals surface area contributed by atoms with E-state index in [1.807, 2.05) is 73.7 Å². The summed E-state index contributed by atoms with van der Waals surface area (Å²) in [6.07, 6.45) is 1.69. The lowest BCUT2D eigenvalue weighted by molar-refractivity contribution is -0.139. The molecule has 1 aliphatic heterocycles. The van der Waals surface area contributed by atoms with Crippen LogP contribution in [0.1, 0.15) is 50.9 Å². The molecule has 2 heterocycles. The van der Waals surface area contributed by atoms with Crippen LogP contribution >= 0.6 is 11.6 Å². The summed E-state index contributed by atoms with van der Waals surface area (Å²) in [5.74, 6) is -1.61. The number of fused-ring (bicyclic) bond motifs is 1. The molecule has 0 radical (unpaired) electrons. The average molecular weight is 556 g/mol. The SMILES string of the molecule is Cc1c(/C=N\N2C(=O)[C@@H]3C4c5ccccc5C(c5ccccc54)[C@H]3C2=O)c2ccccc2n1Cc1ccccc1Cl. The molecule has 2 atom stereocenters. The second kappa shape index (κ2) is 9.02. The number of carbonyl (C=O) groups is 2. The van der Waals surface area contributed by atoms with Gasteiger partial charge >= 0.3 is 0 Å². The van der Waals surface area contributed by atoms with Gasteiger partial charge < -0.3 is 4.57 Å². The molecule has 2 bridgehead atoms. The first-order valence-electron chi connectivity index (χ1n) is 13.9. The van der Waals surface area contributed by atoms with Crippen LogP contribution in [-0.4, -0.2) is 27.6 Å². The number of amides is 2. The lowest BCUT2D eigenvalue weighted by atomic mass is 9.55. The van der Waals surface area contributed by atoms with Gasteiger partial charge in [-0.05, 0) is 46.9 Å². The van der Waals surface area contributed by atoms with Gasteiger partial charge in [-0.3, -0.25) is 9.59 Å². The van der Waals surface area contributed by atoms with Crippen molar-refractivity contribution in [3.63, 3.8) is 0 Å². The van der Waals surface area contributed by atoms with Crippen LogP contribution in [-0.2, 0) is 16.1 Å². The van der Waals surface area contributed by atoms with Gasteiger partial charge in [-0.1, -0.05) is 96.5 Å². The minimum atomic E-state index is -0.447. The Morgan fingerprint density at radius 3 is 1.83 bits per heavy atom. The summed E-state index contributed by atoms with van der Waals surface area (Å²) >= 11 is 6.50. The molecular formula is C35H26ClN3O2. The van der Waals surface area contributed by atoms with Crippen molar-refractivity contribution < 1.29 is 9.59 Å². The number of hydrogen-bond acceptors (Lipinski definition) is 3. The molecule has 4 aliphatic rings. The van der Waals surface area contributed by atoms with Crippen molar-refractivity contribution in [3.8, 4) is 0 Å². The van der Waals surface area contributed by atoms with E-state index in [4.69, 9.17) is 11.6 Å². The molecule has 6 heteroatoms. The van der Waals surface area contributed by atoms with Crippen LogP contribution in [0.4, 0.5) is 0 Å². The van der Waals surface area contributed by atoms with Crippen molar-refractivity contribution in [1.29, 1.82) is 0 Å². The maximum Gasteiger partial charge on any atom is 0.254 e. The molecule has 2 amide bonds. The van der Waals surface area contributed by atoms with E-state index in [-0.39, 0.29) is 23.7 Å². The van der Waals surface area contributed by atoms with E-state index < -0.39 is 11.8 Å². The topological polar surface area (TPSA) is 54.7 Å². The zero-order valence-electron chi connectivity index (χ0n) is 22.4. The van der Waals surface area contributed by atoms with Gasteiger partial charge in [0.15, 0.2) is 0 Å². The quantitative estimate of drug-likeness (QED) is 0.179. The third-order valence-electron chi connectivity index (χ3n) is 9.29. The molecule has 0 spiro atoms. The largest absolute Gasteiger partial charge is 0.340 e. The second-order valence-corrected chi connectivity index (χ2v) is 11.6. The monoisotopic (exact) mass is 555 g/mol. The number of rotatable bonds is 4. The minimum absolute atomic E-state index is 0.145. The number of carbonyl (C=O) groups excluding carboxylic acids is 2. The van der Waals surface area contributed by atoms with Crippen LogP contribution in [0.2, 0.25) is 5.02 Å². The Morgan fingerprint density at radius 1 is 0.732 bits per heavy atom. The van der Waals surface area contributed by atoms with Gasteiger partial charge in [0.25, 0.3) is 11.8 Å². The summed E-state index contributed by atoms with van der Waals surface area (Å²) < 4.78 is 2.21. The van der Waals surface area contributed by atoms with Crippen molar-refractivity contribution in [3.05, 3.63) is 141 Å². The van der Waals surface area contributed by atoms with Crippen LogP contribution in [0.25, 0.3) is 10.9 Å². The van der Waals surface area contributed by atoms with E-state index >= 15 is 0 Å². The van der Waals surface area contributed by atoms with E-state index in [1.54, 1.807) is 6.21 Å². The number of hydrogen-bond donors (Lipinski definition) is 0. The summed E-state index contributed by atoms with van der Waals surface area (Å²) in [5.41, 5.74) is 8.56. The Balaban J connectivity index is 1.20. The van der Waals surface area contributed by atoms with Crippen LogP contribution in [0.5, 0.6) is 0 Å². The number of imide groups is 1. The van der Waals surface area contributed by atoms with Crippen molar-refractivity contribution in [1.82, 2.24) is 9.58 Å². The van der Waals surface area contributed by atoms with E-state index in [0.717, 1.165) is 55.0 Å². The predicted molar refractivity (Wildman–Crippen MR) is 160 cm³/mol. The van der Waals surface area contributed by atoms with Crippen molar-refractivity contribution >= 4 is 40.5 Å². The van der Waals surface area contributed by atoms with E-state index in [0.29, 0.717) is 11.6 Å². The molecule has 5 aromatic rings. The van der Waals surface area contributed by atoms with Crippen molar-refractivity contribution in [2.24, 2.45) is 16.9 Å². The van der Waals surface area contributed by atoms with Gasteiger partial charge in [-0.15, -0.1) is 0 Å². The zero-order valence-corrected chi connectivity index (χ0v) is 23.1. The molecule has 5 nitrogen and oxygen atoms in total. The predicted octanol–water partition coefficient (Wildman–Crippen LogP) is 6.88. The highest BCUT2D eigenvalue weighted by Gasteiger charge is 2.61. The van der Waals surface area contributed by atoms with Gasteiger partial charge in [0, 0.05) is 45.6 Å². The Bertz CT molecular complexity index is 1820. The summed E-state index contributed by atoms with van der Waals surface area (Å²) in [4.78, 5) is 28.0. The molecule has 41 heavy (non-hydrogen) atoms. The fourth-order valence-electron chi connectivity index (χ4n) is 7.51. The summed E-state index contributed by atoms with van der Waals surface area (Å²) in [6.45, 7) is 2.64. The molecule has 0 N–H and O–H groups in total. The van der Waals surface area contributed by atoms with Gasteiger partial charge in [0.2, 0.25) is 0 Å². The Hall–Kier alpha value is -4.48. The van der Waals surface area contributed by atoms with Crippen molar-refractivity contribution in [2.75, 3.05) is 0 Å². The second-order valence-electron chi connectivity index (χ2n) is 11.2. The third-order valence-corrected chi connectivity index (χ3v) is 9.66. The number of hydrazone groups is 1. The van der Waals surface area contributed by atoms with E-state index in [2.05, 4.69) is 40.0 Å². The molecule has 1 saturated heterocycles. The molecule has 200 valence electrons. The van der Waals surface area contributed by atoms with Gasteiger partial charge in [-0.25, -0.2) is 0 Å². The number of halogens is 1. The lowest BCUT2D eigenvalue weighted by Gasteiger charge is -2.45. The molecule has 9 rings (SSSR count). The molecule has 0 saturated carbocycles. The fraction of sp³-hybridized carbons (Fsp3) is 0.171. The van der Waals surface area contributed by atoms with Crippen LogP contribution in [0, 0.1) is 18.8 Å². The summed E-state index contributed by atoms with van der Waals surface area (Å²) in [6, 6.07) is 32.5. The molecule has 1 aromatic heterocycles. The molecule has 0 unspecified atom stereocenters. The highest BCUT2D eigenvalue weighted by molar-refractivity contribution is 6.31. The fourth-order valence-corrected chi connectivity index (χ4v) is 7.71. The normalized spacial score (nSPS) is 22.4. The Morgan fingerprint density at radius 2 is 1.24 bits per heavy atom. The third kappa shape index (κ3) is 3.39. The summed E-state index contributed by atoms with van der Waals surface area (Å²) in [5, 5.41) is 7.49. The van der Waals surface area contributed by atoms with Crippen LogP contribution in [0.3, 0.4) is 0 Å². The number of benzene rings is 4. The smallest absolute Gasteiger partial charge is 0.254 e. The molecular weight excluding hydrogens is 530 g/mol. The highest BCUT2D eigenvalue weighted by Crippen LogP contribution is 2.61. The van der Waals surface area contributed by atoms with Crippen LogP contribution < -0.4 is 0 Å². The summed E-state index contributed by atoms with van der Waals surface area (Å²) in [7, 11) is 0. The van der Waals surface area contributed by atoms with Crippen molar-refractivity contribution in [2.45, 2.75) is 25.3 Å².